The molecule has 0 fully saturated rings. The smallest absolute Gasteiger partial charge is 0.335 e. The van der Waals surface area contributed by atoms with Crippen LogP contribution in [0, 0.1) is 0 Å². The standard InChI is InChI=1S/C15H12O7/c16-9-5-12(17)11(7-14(18)19)13(6-9)22-10-3-1-8(2-4-10)15(20)21/h1-6,16-17H,7H2,(H,18,19)(H,20,21). The number of carboxylic acid groups (broad SMARTS) is 2. The molecular weight excluding hydrogens is 292 g/mol. The molecule has 0 aliphatic heterocycles. The summed E-state index contributed by atoms with van der Waals surface area (Å²) in [6.07, 6.45) is -0.491. The number of rotatable bonds is 5. The van der Waals surface area contributed by atoms with Crippen LogP contribution in [0.15, 0.2) is 36.4 Å². The first-order valence-electron chi connectivity index (χ1n) is 6.14. The van der Waals surface area contributed by atoms with Gasteiger partial charge in [-0.2, -0.15) is 0 Å². The molecule has 0 saturated heterocycles. The molecule has 0 amide bonds. The molecule has 22 heavy (non-hydrogen) atoms. The van der Waals surface area contributed by atoms with Gasteiger partial charge in [0.05, 0.1) is 12.0 Å². The molecular formula is C15H12O7. The lowest BCUT2D eigenvalue weighted by molar-refractivity contribution is -0.136. The summed E-state index contributed by atoms with van der Waals surface area (Å²) < 4.78 is 5.43. The van der Waals surface area contributed by atoms with E-state index in [0.29, 0.717) is 0 Å². The van der Waals surface area contributed by atoms with Crippen molar-refractivity contribution in [3.8, 4) is 23.0 Å². The Morgan fingerprint density at radius 1 is 1.00 bits per heavy atom. The fourth-order valence-electron chi connectivity index (χ4n) is 1.83. The fraction of sp³-hybridized carbons (Fsp3) is 0.0667. The third kappa shape index (κ3) is 3.45. The van der Waals surface area contributed by atoms with Gasteiger partial charge in [-0.05, 0) is 24.3 Å². The first-order chi connectivity index (χ1) is 10.4. The largest absolute Gasteiger partial charge is 0.508 e. The Labute approximate surface area is 124 Å². The molecule has 0 aliphatic rings. The number of phenols is 2. The molecule has 0 saturated carbocycles. The van der Waals surface area contributed by atoms with Crippen LogP contribution in [0.1, 0.15) is 15.9 Å². The molecule has 0 aliphatic carbocycles. The maximum absolute atomic E-state index is 10.8. The van der Waals surface area contributed by atoms with Gasteiger partial charge in [0.15, 0.2) is 0 Å². The van der Waals surface area contributed by atoms with Crippen molar-refractivity contribution >= 4 is 11.9 Å². The van der Waals surface area contributed by atoms with E-state index in [1.165, 1.54) is 30.3 Å². The van der Waals surface area contributed by atoms with Crippen LogP contribution in [0.25, 0.3) is 0 Å². The van der Waals surface area contributed by atoms with E-state index < -0.39 is 24.1 Å². The van der Waals surface area contributed by atoms with Gasteiger partial charge in [-0.3, -0.25) is 4.79 Å². The predicted octanol–water partition coefficient (Wildman–Crippen LogP) is 2.22. The minimum Gasteiger partial charge on any atom is -0.508 e. The van der Waals surface area contributed by atoms with Gasteiger partial charge in [0.1, 0.15) is 23.0 Å². The summed E-state index contributed by atoms with van der Waals surface area (Å²) >= 11 is 0. The lowest BCUT2D eigenvalue weighted by Gasteiger charge is -2.12. The van der Waals surface area contributed by atoms with Crippen molar-refractivity contribution in [2.24, 2.45) is 0 Å². The van der Waals surface area contributed by atoms with Crippen LogP contribution in [0.4, 0.5) is 0 Å². The van der Waals surface area contributed by atoms with Crippen LogP contribution >= 0.6 is 0 Å². The zero-order valence-corrected chi connectivity index (χ0v) is 11.2. The van der Waals surface area contributed by atoms with Gasteiger partial charge >= 0.3 is 11.9 Å². The fourth-order valence-corrected chi connectivity index (χ4v) is 1.83. The molecule has 0 atom stereocenters. The van der Waals surface area contributed by atoms with Gasteiger partial charge in [0.25, 0.3) is 0 Å². The summed E-state index contributed by atoms with van der Waals surface area (Å²) in [5, 5.41) is 36.9. The van der Waals surface area contributed by atoms with Gasteiger partial charge < -0.3 is 25.2 Å². The molecule has 2 rings (SSSR count). The molecule has 0 unspecified atom stereocenters. The van der Waals surface area contributed by atoms with Crippen molar-refractivity contribution in [1.29, 1.82) is 0 Å². The molecule has 0 radical (unpaired) electrons. The highest BCUT2D eigenvalue weighted by molar-refractivity contribution is 5.87. The predicted molar refractivity (Wildman–Crippen MR) is 74.6 cm³/mol. The average Bonchev–Trinajstić information content (AvgIpc) is 2.43. The monoisotopic (exact) mass is 304 g/mol. The zero-order chi connectivity index (χ0) is 16.3. The van der Waals surface area contributed by atoms with E-state index in [2.05, 4.69) is 0 Å². The minimum atomic E-state index is -1.17. The van der Waals surface area contributed by atoms with Crippen LogP contribution in [-0.2, 0) is 11.2 Å². The quantitative estimate of drug-likeness (QED) is 0.667. The summed E-state index contributed by atoms with van der Waals surface area (Å²) in [6.45, 7) is 0. The van der Waals surface area contributed by atoms with Crippen LogP contribution in [-0.4, -0.2) is 32.4 Å². The number of aromatic hydroxyl groups is 2. The Morgan fingerprint density at radius 3 is 2.18 bits per heavy atom. The van der Waals surface area contributed by atoms with E-state index in [1.807, 2.05) is 0 Å². The van der Waals surface area contributed by atoms with Crippen molar-refractivity contribution in [2.45, 2.75) is 6.42 Å². The summed E-state index contributed by atoms with van der Waals surface area (Å²) in [5.41, 5.74) is 0.0736. The van der Waals surface area contributed by atoms with Crippen LogP contribution in [0.3, 0.4) is 0 Å². The Morgan fingerprint density at radius 2 is 1.64 bits per heavy atom. The van der Waals surface area contributed by atoms with Crippen molar-refractivity contribution in [3.63, 3.8) is 0 Å². The van der Waals surface area contributed by atoms with Gasteiger partial charge in [-0.25, -0.2) is 4.79 Å². The molecule has 2 aromatic rings. The average molecular weight is 304 g/mol. The number of ether oxygens (including phenoxy) is 1. The van der Waals surface area contributed by atoms with Gasteiger partial charge in [-0.15, -0.1) is 0 Å². The number of aliphatic carboxylic acids is 1. The van der Waals surface area contributed by atoms with Gasteiger partial charge in [0, 0.05) is 17.7 Å². The lowest BCUT2D eigenvalue weighted by atomic mass is 10.1. The van der Waals surface area contributed by atoms with E-state index in [1.54, 1.807) is 0 Å². The lowest BCUT2D eigenvalue weighted by Crippen LogP contribution is -2.02. The Hall–Kier alpha value is -3.22. The third-order valence-corrected chi connectivity index (χ3v) is 2.83. The number of carboxylic acids is 2. The Balaban J connectivity index is 2.35. The maximum Gasteiger partial charge on any atom is 0.335 e. The number of aromatic carboxylic acids is 1. The third-order valence-electron chi connectivity index (χ3n) is 2.83. The van der Waals surface area contributed by atoms with E-state index in [0.717, 1.165) is 6.07 Å². The number of benzene rings is 2. The summed E-state index contributed by atoms with van der Waals surface area (Å²) in [5.74, 6) is -2.74. The summed E-state index contributed by atoms with van der Waals surface area (Å²) in [6, 6.07) is 7.58. The van der Waals surface area contributed by atoms with Crippen LogP contribution in [0.5, 0.6) is 23.0 Å². The molecule has 0 spiro atoms. The van der Waals surface area contributed by atoms with Crippen molar-refractivity contribution < 1.29 is 34.8 Å². The molecule has 4 N–H and O–H groups in total. The van der Waals surface area contributed by atoms with Gasteiger partial charge in [-0.1, -0.05) is 0 Å². The second-order valence-electron chi connectivity index (χ2n) is 4.44. The van der Waals surface area contributed by atoms with Crippen LogP contribution in [0.2, 0.25) is 0 Å². The number of hydrogen-bond donors (Lipinski definition) is 4. The Kier molecular flexibility index (Phi) is 4.17. The maximum atomic E-state index is 10.8. The second kappa shape index (κ2) is 6.04. The number of phenolic OH excluding ortho intramolecular Hbond substituents is 2. The van der Waals surface area contributed by atoms with Gasteiger partial charge in [0.2, 0.25) is 0 Å². The van der Waals surface area contributed by atoms with Crippen molar-refractivity contribution in [3.05, 3.63) is 47.5 Å². The molecule has 0 aromatic heterocycles. The molecule has 7 heteroatoms. The van der Waals surface area contributed by atoms with Crippen LogP contribution < -0.4 is 4.74 Å². The van der Waals surface area contributed by atoms with E-state index in [4.69, 9.17) is 14.9 Å². The van der Waals surface area contributed by atoms with E-state index in [-0.39, 0.29) is 28.4 Å². The first-order valence-corrected chi connectivity index (χ1v) is 6.14. The SMILES string of the molecule is O=C(O)Cc1c(O)cc(O)cc1Oc1ccc(C(=O)O)cc1. The van der Waals surface area contributed by atoms with E-state index >= 15 is 0 Å². The minimum absolute atomic E-state index is 0.00705. The molecule has 2 aromatic carbocycles. The topological polar surface area (TPSA) is 124 Å². The number of carbonyl (C=O) groups is 2. The highest BCUT2D eigenvalue weighted by Crippen LogP contribution is 2.36. The van der Waals surface area contributed by atoms with Crippen molar-refractivity contribution in [2.75, 3.05) is 0 Å². The second-order valence-corrected chi connectivity index (χ2v) is 4.44. The summed E-state index contributed by atoms with van der Waals surface area (Å²) in [4.78, 5) is 21.6. The first kappa shape index (κ1) is 15.2. The van der Waals surface area contributed by atoms with E-state index in [9.17, 15) is 19.8 Å². The normalized spacial score (nSPS) is 10.2. The Bertz CT molecular complexity index is 719. The van der Waals surface area contributed by atoms with Crippen molar-refractivity contribution in [1.82, 2.24) is 0 Å². The molecule has 0 heterocycles. The summed E-state index contributed by atoms with van der Waals surface area (Å²) in [7, 11) is 0. The molecule has 7 nitrogen and oxygen atoms in total. The highest BCUT2D eigenvalue weighted by atomic mass is 16.5. The highest BCUT2D eigenvalue weighted by Gasteiger charge is 2.16. The molecule has 114 valence electrons. The molecule has 0 bridgehead atoms. The zero-order valence-electron chi connectivity index (χ0n) is 11.2. The number of hydrogen-bond acceptors (Lipinski definition) is 5.